The largest absolute Gasteiger partial charge is 0.520 e. The Morgan fingerprint density at radius 1 is 1.30 bits per heavy atom. The van der Waals surface area contributed by atoms with Crippen molar-refractivity contribution in [3.63, 3.8) is 0 Å². The van der Waals surface area contributed by atoms with Gasteiger partial charge < -0.3 is 3.23 Å². The topological polar surface area (TPSA) is 43.4 Å². The van der Waals surface area contributed by atoms with E-state index in [1.807, 2.05) is 0 Å². The van der Waals surface area contributed by atoms with Gasteiger partial charge in [0.25, 0.3) is 0 Å². The molecular formula is CAlF3O3PdS. The van der Waals surface area contributed by atoms with E-state index in [0.29, 0.717) is 0 Å². The average molecular weight is 282 g/mol. The van der Waals surface area contributed by atoms with E-state index in [2.05, 4.69) is 3.23 Å². The molecule has 0 rings (SSSR count). The van der Waals surface area contributed by atoms with Crippen LogP contribution in [0.2, 0.25) is 0 Å². The molecule has 2 radical (unpaired) electrons. The van der Waals surface area contributed by atoms with E-state index in [4.69, 9.17) is 0 Å². The molecule has 0 atom stereocenters. The van der Waals surface area contributed by atoms with Gasteiger partial charge in [-0.3, -0.25) is 0 Å². The SMILES string of the molecule is O=S(=O)([O][Al])C(F)(F)F.[Pd]. The third kappa shape index (κ3) is 3.33. The van der Waals surface area contributed by atoms with E-state index in [1.54, 1.807) is 0 Å². The maximum absolute atomic E-state index is 11.1. The molecule has 0 N–H and O–H groups in total. The molecule has 0 bridgehead atoms. The summed E-state index contributed by atoms with van der Waals surface area (Å²) in [5.41, 5.74) is -5.32. The summed E-state index contributed by atoms with van der Waals surface area (Å²) in [6, 6.07) is 0. The Kier molecular flexibility index (Phi) is 5.47. The summed E-state index contributed by atoms with van der Waals surface area (Å²) < 4.78 is 55.7. The van der Waals surface area contributed by atoms with E-state index in [0.717, 1.165) is 16.6 Å². The Balaban J connectivity index is 0. The fourth-order valence-corrected chi connectivity index (χ4v) is 0.491. The maximum atomic E-state index is 11.1. The summed E-state index contributed by atoms with van der Waals surface area (Å²) in [6.07, 6.45) is 0. The van der Waals surface area contributed by atoms with Gasteiger partial charge in [0.2, 0.25) is 0 Å². The average Bonchev–Trinajstić information content (AvgIpc) is 1.64. The second-order valence-electron chi connectivity index (χ2n) is 0.996. The van der Waals surface area contributed by atoms with Crippen molar-refractivity contribution in [2.45, 2.75) is 5.51 Å². The molecule has 0 saturated heterocycles. The molecule has 0 spiro atoms. The quantitative estimate of drug-likeness (QED) is 0.500. The molecule has 0 aliphatic carbocycles. The molecule has 62 valence electrons. The number of hydrogen-bond donors (Lipinski definition) is 0. The summed E-state index contributed by atoms with van der Waals surface area (Å²) in [7, 11) is -5.37. The van der Waals surface area contributed by atoms with Gasteiger partial charge in [0.05, 0.1) is 0 Å². The number of hydrogen-bond acceptors (Lipinski definition) is 3. The Morgan fingerprint density at radius 2 is 1.60 bits per heavy atom. The van der Waals surface area contributed by atoms with Gasteiger partial charge in [-0.1, -0.05) is 0 Å². The van der Waals surface area contributed by atoms with Crippen LogP contribution in [0.15, 0.2) is 0 Å². The first kappa shape index (κ1) is 13.5. The summed E-state index contributed by atoms with van der Waals surface area (Å²) >= 11 is 1.00. The van der Waals surface area contributed by atoms with E-state index in [1.165, 1.54) is 0 Å². The number of rotatable bonds is 1. The minimum Gasteiger partial charge on any atom is -0.416 e. The molecule has 0 saturated carbocycles. The Bertz CT molecular complexity index is 184. The van der Waals surface area contributed by atoms with Crippen LogP contribution in [0.4, 0.5) is 13.2 Å². The van der Waals surface area contributed by atoms with Crippen LogP contribution in [0.5, 0.6) is 0 Å². The molecule has 10 heavy (non-hydrogen) atoms. The third-order valence-electron chi connectivity index (χ3n) is 0.410. The fraction of sp³-hybridized carbons (Fsp3) is 1.00. The van der Waals surface area contributed by atoms with Crippen molar-refractivity contribution in [1.82, 2.24) is 0 Å². The van der Waals surface area contributed by atoms with E-state index in [9.17, 15) is 21.6 Å². The van der Waals surface area contributed by atoms with Crippen LogP contribution < -0.4 is 0 Å². The monoisotopic (exact) mass is 282 g/mol. The van der Waals surface area contributed by atoms with E-state index in [-0.39, 0.29) is 20.4 Å². The summed E-state index contributed by atoms with van der Waals surface area (Å²) in [6.45, 7) is 0. The standard InChI is InChI=1S/CHF3O3S.Al.Pd/c2-1(3,4)8(5,6)7;;/h(H,5,6,7);;/q;+1;/p-1. The van der Waals surface area contributed by atoms with Crippen molar-refractivity contribution < 1.29 is 45.2 Å². The van der Waals surface area contributed by atoms with Crippen LogP contribution in [-0.4, -0.2) is 30.5 Å². The Morgan fingerprint density at radius 3 is 1.60 bits per heavy atom. The molecule has 0 aromatic rings. The Hall–Kier alpha value is 0.895. The number of alkyl halides is 3. The van der Waals surface area contributed by atoms with Crippen LogP contribution in [-0.2, 0) is 33.8 Å². The van der Waals surface area contributed by atoms with Gasteiger partial charge >= 0.3 is 32.3 Å². The molecule has 9 heteroatoms. The minimum absolute atomic E-state index is 0. The van der Waals surface area contributed by atoms with Gasteiger partial charge in [-0.15, -0.1) is 0 Å². The molecule has 0 aliphatic rings. The second kappa shape index (κ2) is 4.05. The molecule has 0 aliphatic heterocycles. The molecule has 0 fully saturated rings. The van der Waals surface area contributed by atoms with E-state index < -0.39 is 15.6 Å². The fourth-order valence-electron chi connectivity index (χ4n) is 0.0546. The first-order valence-corrected chi connectivity index (χ1v) is 3.39. The minimum atomic E-state index is -5.37. The smallest absolute Gasteiger partial charge is 0.416 e. The third-order valence-corrected chi connectivity index (χ3v) is 1.99. The van der Waals surface area contributed by atoms with Gasteiger partial charge in [-0.25, -0.2) is 0 Å². The predicted octanol–water partition coefficient (Wildman–Crippen LogP) is -0.0664. The van der Waals surface area contributed by atoms with Crippen LogP contribution in [0.1, 0.15) is 0 Å². The van der Waals surface area contributed by atoms with Crippen molar-refractivity contribution >= 4 is 26.7 Å². The molecule has 0 heterocycles. The van der Waals surface area contributed by atoms with Gasteiger partial charge in [0, 0.05) is 20.4 Å². The van der Waals surface area contributed by atoms with Crippen molar-refractivity contribution in [3.8, 4) is 0 Å². The summed E-state index contributed by atoms with van der Waals surface area (Å²) in [5.74, 6) is 0. The van der Waals surface area contributed by atoms with Gasteiger partial charge in [-0.05, 0) is 0 Å². The predicted molar refractivity (Wildman–Crippen MR) is 21.8 cm³/mol. The second-order valence-corrected chi connectivity index (χ2v) is 3.14. The molecule has 0 unspecified atom stereocenters. The van der Waals surface area contributed by atoms with Gasteiger partial charge in [-0.2, -0.15) is 21.6 Å². The number of halogens is 3. The maximum Gasteiger partial charge on any atom is 0.520 e. The van der Waals surface area contributed by atoms with Crippen LogP contribution >= 0.6 is 0 Å². The van der Waals surface area contributed by atoms with Gasteiger partial charge in [0.15, 0.2) is 0 Å². The molecular weight excluding hydrogens is 282 g/mol. The van der Waals surface area contributed by atoms with Crippen molar-refractivity contribution in [2.75, 3.05) is 0 Å². The first-order valence-electron chi connectivity index (χ1n) is 1.51. The van der Waals surface area contributed by atoms with Crippen molar-refractivity contribution in [1.29, 1.82) is 0 Å². The van der Waals surface area contributed by atoms with Crippen LogP contribution in [0, 0.1) is 0 Å². The molecule has 0 aromatic carbocycles. The van der Waals surface area contributed by atoms with Gasteiger partial charge in [0.1, 0.15) is 0 Å². The van der Waals surface area contributed by atoms with E-state index >= 15 is 0 Å². The summed E-state index contributed by atoms with van der Waals surface area (Å²) in [5, 5.41) is 0. The van der Waals surface area contributed by atoms with Crippen LogP contribution in [0.3, 0.4) is 0 Å². The first-order chi connectivity index (χ1) is 3.81. The summed E-state index contributed by atoms with van der Waals surface area (Å²) in [4.78, 5) is 0. The molecule has 0 amide bonds. The van der Waals surface area contributed by atoms with Crippen LogP contribution in [0.25, 0.3) is 0 Å². The molecule has 0 aromatic heterocycles. The zero-order valence-electron chi connectivity index (χ0n) is 4.16. The van der Waals surface area contributed by atoms with Crippen molar-refractivity contribution in [3.05, 3.63) is 0 Å². The Labute approximate surface area is 77.5 Å². The zero-order valence-corrected chi connectivity index (χ0v) is 7.69. The normalized spacial score (nSPS) is 12.3. The van der Waals surface area contributed by atoms with Crippen molar-refractivity contribution in [2.24, 2.45) is 0 Å². The zero-order chi connectivity index (χ0) is 7.71. The molecule has 3 nitrogen and oxygen atoms in total.